The molecule has 2 fully saturated rings. The minimum Gasteiger partial charge on any atom is -0.349 e. The van der Waals surface area contributed by atoms with Crippen LogP contribution in [0.2, 0.25) is 0 Å². The molecule has 0 spiro atoms. The van der Waals surface area contributed by atoms with Crippen molar-refractivity contribution in [3.63, 3.8) is 0 Å². The van der Waals surface area contributed by atoms with Crippen molar-refractivity contribution in [3.8, 4) is 0 Å². The molecule has 1 saturated carbocycles. The summed E-state index contributed by atoms with van der Waals surface area (Å²) in [6.45, 7) is 5.72. The largest absolute Gasteiger partial charge is 0.349 e. The lowest BCUT2D eigenvalue weighted by molar-refractivity contribution is -0.121. The molecule has 2 aliphatic rings. The van der Waals surface area contributed by atoms with Crippen LogP contribution in [0.5, 0.6) is 0 Å². The van der Waals surface area contributed by atoms with Gasteiger partial charge in [0.2, 0.25) is 5.91 Å². The van der Waals surface area contributed by atoms with Crippen LogP contribution < -0.4 is 16.0 Å². The topological polar surface area (TPSA) is 70.2 Å². The van der Waals surface area contributed by atoms with Crippen molar-refractivity contribution in [3.05, 3.63) is 29.3 Å². The monoisotopic (exact) mass is 329 g/mol. The van der Waals surface area contributed by atoms with Gasteiger partial charge in [-0.15, -0.1) is 0 Å². The Bertz CT molecular complexity index is 619. The van der Waals surface area contributed by atoms with Gasteiger partial charge < -0.3 is 16.0 Å². The molecule has 3 rings (SSSR count). The minimum atomic E-state index is -0.0169. The minimum absolute atomic E-state index is 0.00371. The molecule has 2 amide bonds. The van der Waals surface area contributed by atoms with E-state index in [4.69, 9.17) is 0 Å². The lowest BCUT2D eigenvalue weighted by Crippen LogP contribution is -2.48. The molecule has 5 heteroatoms. The first-order chi connectivity index (χ1) is 11.5. The van der Waals surface area contributed by atoms with E-state index in [9.17, 15) is 9.59 Å². The summed E-state index contributed by atoms with van der Waals surface area (Å²) in [5, 5.41) is 9.29. The van der Waals surface area contributed by atoms with Crippen molar-refractivity contribution in [1.29, 1.82) is 0 Å². The van der Waals surface area contributed by atoms with E-state index < -0.39 is 0 Å². The molecule has 1 heterocycles. The molecule has 0 radical (unpaired) electrons. The zero-order chi connectivity index (χ0) is 17.1. The van der Waals surface area contributed by atoms with E-state index in [-0.39, 0.29) is 17.7 Å². The maximum Gasteiger partial charge on any atom is 0.251 e. The van der Waals surface area contributed by atoms with Gasteiger partial charge in [-0.1, -0.05) is 19.8 Å². The number of hydrogen-bond acceptors (Lipinski definition) is 3. The van der Waals surface area contributed by atoms with Gasteiger partial charge in [0.05, 0.1) is 0 Å². The Kier molecular flexibility index (Phi) is 5.19. The molecule has 1 aliphatic carbocycles. The van der Waals surface area contributed by atoms with Crippen molar-refractivity contribution in [1.82, 2.24) is 10.6 Å². The molecule has 1 unspecified atom stereocenters. The third-order valence-corrected chi connectivity index (χ3v) is 5.37. The first-order valence-electron chi connectivity index (χ1n) is 8.97. The van der Waals surface area contributed by atoms with Gasteiger partial charge in [0.15, 0.2) is 0 Å². The lowest BCUT2D eigenvalue weighted by atomic mass is 9.88. The van der Waals surface area contributed by atoms with E-state index in [1.165, 1.54) is 12.8 Å². The van der Waals surface area contributed by atoms with E-state index >= 15 is 0 Å². The van der Waals surface area contributed by atoms with Gasteiger partial charge in [0.1, 0.15) is 0 Å². The van der Waals surface area contributed by atoms with E-state index in [0.717, 1.165) is 37.2 Å². The molecule has 130 valence electrons. The fourth-order valence-electron chi connectivity index (χ4n) is 3.41. The predicted molar refractivity (Wildman–Crippen MR) is 95.1 cm³/mol. The molecule has 1 aliphatic heterocycles. The van der Waals surface area contributed by atoms with E-state index in [1.807, 2.05) is 26.0 Å². The second-order valence-corrected chi connectivity index (χ2v) is 7.18. The molecule has 24 heavy (non-hydrogen) atoms. The molecule has 1 saturated heterocycles. The van der Waals surface area contributed by atoms with Gasteiger partial charge in [-0.2, -0.15) is 0 Å². The molecule has 3 N–H and O–H groups in total. The van der Waals surface area contributed by atoms with Crippen LogP contribution >= 0.6 is 0 Å². The maximum atomic E-state index is 12.3. The highest BCUT2D eigenvalue weighted by Gasteiger charge is 2.29. The molecule has 1 aromatic rings. The summed E-state index contributed by atoms with van der Waals surface area (Å²) >= 11 is 0. The summed E-state index contributed by atoms with van der Waals surface area (Å²) in [6.07, 6.45) is 4.55. The quantitative estimate of drug-likeness (QED) is 0.777. The van der Waals surface area contributed by atoms with Gasteiger partial charge in [-0.25, -0.2) is 0 Å². The molecule has 0 bridgehead atoms. The number of rotatable bonds is 5. The number of benzene rings is 1. The molecule has 5 nitrogen and oxygen atoms in total. The highest BCUT2D eigenvalue weighted by atomic mass is 16.2. The van der Waals surface area contributed by atoms with E-state index in [1.54, 1.807) is 6.07 Å². The Hall–Kier alpha value is -1.88. The van der Waals surface area contributed by atoms with Crippen LogP contribution in [0.25, 0.3) is 0 Å². The summed E-state index contributed by atoms with van der Waals surface area (Å²) in [7, 11) is 0. The van der Waals surface area contributed by atoms with E-state index in [2.05, 4.69) is 16.0 Å². The van der Waals surface area contributed by atoms with Crippen molar-refractivity contribution >= 4 is 17.5 Å². The van der Waals surface area contributed by atoms with E-state index in [0.29, 0.717) is 17.5 Å². The predicted octanol–water partition coefficient (Wildman–Crippen LogP) is 2.46. The highest BCUT2D eigenvalue weighted by molar-refractivity contribution is 5.97. The zero-order valence-electron chi connectivity index (χ0n) is 14.5. The van der Waals surface area contributed by atoms with Gasteiger partial charge in [0.25, 0.3) is 5.91 Å². The van der Waals surface area contributed by atoms with Crippen molar-refractivity contribution in [2.45, 2.75) is 45.6 Å². The van der Waals surface area contributed by atoms with Crippen LogP contribution in [0.15, 0.2) is 18.2 Å². The summed E-state index contributed by atoms with van der Waals surface area (Å²) < 4.78 is 0. The highest BCUT2D eigenvalue weighted by Crippen LogP contribution is 2.22. The lowest BCUT2D eigenvalue weighted by Gasteiger charge is -2.31. The Morgan fingerprint density at radius 2 is 1.92 bits per heavy atom. The smallest absolute Gasteiger partial charge is 0.251 e. The summed E-state index contributed by atoms with van der Waals surface area (Å²) in [5.41, 5.74) is 2.37. The standard InChI is InChI=1S/C19H27N3O2/c1-12-9-14(19(24)21-16-5-3-4-6-16)7-8-17(12)22-18(23)13(2)15-10-20-11-15/h7-9,13,15-16,20H,3-6,10-11H2,1-2H3,(H,21,24)(H,22,23). The van der Waals surface area contributed by atoms with Crippen LogP contribution in [0.1, 0.15) is 48.5 Å². The molecular weight excluding hydrogens is 302 g/mol. The van der Waals surface area contributed by atoms with Crippen molar-refractivity contribution in [2.24, 2.45) is 11.8 Å². The van der Waals surface area contributed by atoms with Crippen LogP contribution in [0.3, 0.4) is 0 Å². The molecule has 1 aromatic carbocycles. The number of aryl methyl sites for hydroxylation is 1. The summed E-state index contributed by atoms with van der Waals surface area (Å²) in [4.78, 5) is 24.7. The van der Waals surface area contributed by atoms with Gasteiger partial charge >= 0.3 is 0 Å². The Morgan fingerprint density at radius 1 is 1.21 bits per heavy atom. The number of carbonyl (C=O) groups excluding carboxylic acids is 2. The van der Waals surface area contributed by atoms with Crippen molar-refractivity contribution in [2.75, 3.05) is 18.4 Å². The van der Waals surface area contributed by atoms with Gasteiger partial charge in [-0.05, 0) is 62.5 Å². The third-order valence-electron chi connectivity index (χ3n) is 5.37. The zero-order valence-corrected chi connectivity index (χ0v) is 14.5. The van der Waals surface area contributed by atoms with Crippen molar-refractivity contribution < 1.29 is 9.59 Å². The molecule has 1 atom stereocenters. The number of nitrogens with one attached hydrogen (secondary N) is 3. The summed E-state index contributed by atoms with van der Waals surface area (Å²) in [5.74, 6) is 0.447. The third kappa shape index (κ3) is 3.78. The Morgan fingerprint density at radius 3 is 2.50 bits per heavy atom. The fraction of sp³-hybridized carbons (Fsp3) is 0.579. The second kappa shape index (κ2) is 7.34. The number of hydrogen-bond donors (Lipinski definition) is 3. The van der Waals surface area contributed by atoms with Crippen LogP contribution in [-0.4, -0.2) is 30.9 Å². The second-order valence-electron chi connectivity index (χ2n) is 7.18. The Balaban J connectivity index is 1.61. The molecule has 0 aromatic heterocycles. The first kappa shape index (κ1) is 17.0. The van der Waals surface area contributed by atoms with Crippen LogP contribution in [-0.2, 0) is 4.79 Å². The van der Waals surface area contributed by atoms with Gasteiger partial charge in [-0.3, -0.25) is 9.59 Å². The average Bonchev–Trinajstić information content (AvgIpc) is 3.00. The Labute approximate surface area is 143 Å². The maximum absolute atomic E-state index is 12.3. The fourth-order valence-corrected chi connectivity index (χ4v) is 3.41. The normalized spacial score (nSPS) is 19.6. The SMILES string of the molecule is Cc1cc(C(=O)NC2CCCC2)ccc1NC(=O)C(C)C1CNC1. The number of carbonyl (C=O) groups is 2. The molecular formula is C19H27N3O2. The first-order valence-corrected chi connectivity index (χ1v) is 8.97. The van der Waals surface area contributed by atoms with Crippen LogP contribution in [0, 0.1) is 18.8 Å². The number of anilines is 1. The number of amides is 2. The van der Waals surface area contributed by atoms with Crippen LogP contribution in [0.4, 0.5) is 5.69 Å². The summed E-state index contributed by atoms with van der Waals surface area (Å²) in [6, 6.07) is 5.80. The average molecular weight is 329 g/mol. The van der Waals surface area contributed by atoms with Gasteiger partial charge in [0, 0.05) is 23.2 Å².